The number of hydrogen-bond donors (Lipinski definition) is 2. The molecule has 2 aliphatic rings. The summed E-state index contributed by atoms with van der Waals surface area (Å²) < 4.78 is 42.5. The lowest BCUT2D eigenvalue weighted by atomic mass is 9.74. The Morgan fingerprint density at radius 2 is 1.87 bits per heavy atom. The van der Waals surface area contributed by atoms with Crippen LogP contribution in [0.4, 0.5) is 20.4 Å². The number of imidazole rings is 1. The average molecular weight is 521 g/mol. The first-order valence-electron chi connectivity index (χ1n) is 12.8. The highest BCUT2D eigenvalue weighted by molar-refractivity contribution is 5.66. The maximum Gasteiger partial charge on any atom is 0.229 e. The minimum atomic E-state index is -0.653. The molecule has 1 aromatic carbocycles. The van der Waals surface area contributed by atoms with Gasteiger partial charge in [0, 0.05) is 25.3 Å². The molecule has 198 valence electrons. The molecule has 4 atom stereocenters. The van der Waals surface area contributed by atoms with Gasteiger partial charge in [0.25, 0.3) is 0 Å². The van der Waals surface area contributed by atoms with Gasteiger partial charge >= 0.3 is 0 Å². The standard InChI is InChI=1S/C28H30F2N6O2/c1-15-7-17(10-23(31)27(15)37-2)20-5-6-32-12-25(20)34-28-33-11-19-3-4-24(35-36(19)28)26-21(29)8-16(9-22(26)30)18-13-38-14-18/h3-6,8-9,11-12,15,17-18,23,27H,7,10,13-14,31H2,1-2H3,(H,33,34)/t15-,17+,23+,27-/m0/s1. The van der Waals surface area contributed by atoms with E-state index in [1.165, 1.54) is 12.1 Å². The van der Waals surface area contributed by atoms with Crippen LogP contribution >= 0.6 is 0 Å². The van der Waals surface area contributed by atoms with Crippen molar-refractivity contribution >= 4 is 17.2 Å². The van der Waals surface area contributed by atoms with Crippen LogP contribution in [0.15, 0.2) is 48.9 Å². The van der Waals surface area contributed by atoms with Gasteiger partial charge in [0.2, 0.25) is 5.95 Å². The van der Waals surface area contributed by atoms with E-state index in [2.05, 4.69) is 27.3 Å². The van der Waals surface area contributed by atoms with Gasteiger partial charge in [-0.05, 0) is 66.1 Å². The first kappa shape index (κ1) is 24.8. The van der Waals surface area contributed by atoms with E-state index < -0.39 is 11.6 Å². The van der Waals surface area contributed by atoms with E-state index in [9.17, 15) is 0 Å². The van der Waals surface area contributed by atoms with Crippen LogP contribution in [0, 0.1) is 17.6 Å². The maximum atomic E-state index is 15.1. The fraction of sp³-hybridized carbons (Fsp3) is 0.393. The van der Waals surface area contributed by atoms with Crippen LogP contribution in [0.2, 0.25) is 0 Å². The van der Waals surface area contributed by atoms with Gasteiger partial charge in [-0.1, -0.05) is 6.92 Å². The van der Waals surface area contributed by atoms with Crippen LogP contribution in [-0.4, -0.2) is 52.1 Å². The monoisotopic (exact) mass is 520 g/mol. The van der Waals surface area contributed by atoms with Gasteiger partial charge in [0.15, 0.2) is 0 Å². The zero-order valence-corrected chi connectivity index (χ0v) is 21.3. The number of anilines is 2. The molecule has 0 spiro atoms. The number of nitrogens with two attached hydrogens (primary N) is 1. The molecule has 1 saturated heterocycles. The first-order valence-corrected chi connectivity index (χ1v) is 12.8. The molecule has 2 fully saturated rings. The lowest BCUT2D eigenvalue weighted by Gasteiger charge is -2.38. The molecule has 4 heterocycles. The number of pyridine rings is 1. The Hall–Kier alpha value is -3.47. The molecule has 0 radical (unpaired) electrons. The molecule has 4 aromatic rings. The Balaban J connectivity index is 1.32. The van der Waals surface area contributed by atoms with Crippen molar-refractivity contribution < 1.29 is 18.3 Å². The summed E-state index contributed by atoms with van der Waals surface area (Å²) in [6, 6.07) is 8.00. The molecule has 10 heteroatoms. The fourth-order valence-electron chi connectivity index (χ4n) is 5.81. The van der Waals surface area contributed by atoms with Crippen LogP contribution in [-0.2, 0) is 9.47 Å². The number of nitrogens with one attached hydrogen (secondary N) is 1. The van der Waals surface area contributed by atoms with E-state index in [1.807, 2.05) is 6.07 Å². The summed E-state index contributed by atoms with van der Waals surface area (Å²) in [7, 11) is 1.71. The van der Waals surface area contributed by atoms with E-state index in [0.717, 1.165) is 24.1 Å². The third-order valence-corrected chi connectivity index (χ3v) is 7.82. The molecule has 1 saturated carbocycles. The quantitative estimate of drug-likeness (QED) is 0.377. The molecule has 0 unspecified atom stereocenters. The van der Waals surface area contributed by atoms with E-state index in [4.69, 9.17) is 15.2 Å². The summed E-state index contributed by atoms with van der Waals surface area (Å²) in [5.74, 6) is -0.347. The number of halogens is 2. The second-order valence-electron chi connectivity index (χ2n) is 10.3. The summed E-state index contributed by atoms with van der Waals surface area (Å²) in [4.78, 5) is 8.79. The largest absolute Gasteiger partial charge is 0.380 e. The lowest BCUT2D eigenvalue weighted by Crippen LogP contribution is -2.45. The first-order chi connectivity index (χ1) is 18.4. The summed E-state index contributed by atoms with van der Waals surface area (Å²) in [6.45, 7) is 3.11. The Kier molecular flexibility index (Phi) is 6.55. The molecule has 38 heavy (non-hydrogen) atoms. The molecular formula is C28H30F2N6O2. The Morgan fingerprint density at radius 1 is 1.08 bits per heavy atom. The number of ether oxygens (including phenoxy) is 2. The van der Waals surface area contributed by atoms with Crippen molar-refractivity contribution in [2.45, 2.75) is 43.7 Å². The number of methoxy groups -OCH3 is 1. The zero-order chi connectivity index (χ0) is 26.4. The molecule has 3 aromatic heterocycles. The smallest absolute Gasteiger partial charge is 0.229 e. The summed E-state index contributed by atoms with van der Waals surface area (Å²) >= 11 is 0. The number of hydrogen-bond acceptors (Lipinski definition) is 7. The van der Waals surface area contributed by atoms with Gasteiger partial charge in [-0.25, -0.2) is 13.8 Å². The van der Waals surface area contributed by atoms with Crippen LogP contribution in [0.5, 0.6) is 0 Å². The minimum absolute atomic E-state index is 0.0173. The molecule has 0 amide bonds. The third kappa shape index (κ3) is 4.42. The average Bonchev–Trinajstić information content (AvgIpc) is 3.25. The van der Waals surface area contributed by atoms with Crippen molar-refractivity contribution in [2.75, 3.05) is 25.6 Å². The number of nitrogens with zero attached hydrogens (tertiary/aromatic N) is 4. The fourth-order valence-corrected chi connectivity index (χ4v) is 5.81. The van der Waals surface area contributed by atoms with Crippen LogP contribution in [0.25, 0.3) is 16.8 Å². The zero-order valence-electron chi connectivity index (χ0n) is 21.3. The van der Waals surface area contributed by atoms with E-state index >= 15 is 8.78 Å². The maximum absolute atomic E-state index is 15.1. The highest BCUT2D eigenvalue weighted by Crippen LogP contribution is 2.40. The van der Waals surface area contributed by atoms with Crippen molar-refractivity contribution in [3.05, 3.63) is 71.7 Å². The van der Waals surface area contributed by atoms with Crippen molar-refractivity contribution in [3.63, 3.8) is 0 Å². The predicted molar refractivity (Wildman–Crippen MR) is 139 cm³/mol. The van der Waals surface area contributed by atoms with Crippen molar-refractivity contribution in [1.82, 2.24) is 19.6 Å². The Labute approximate surface area is 219 Å². The molecule has 6 rings (SSSR count). The summed E-state index contributed by atoms with van der Waals surface area (Å²) in [5.41, 5.74) is 9.60. The summed E-state index contributed by atoms with van der Waals surface area (Å²) in [5, 5.41) is 7.90. The topological polar surface area (TPSA) is 99.6 Å². The Morgan fingerprint density at radius 3 is 2.55 bits per heavy atom. The van der Waals surface area contributed by atoms with Gasteiger partial charge in [0.05, 0.1) is 54.2 Å². The van der Waals surface area contributed by atoms with Gasteiger partial charge in [-0.15, -0.1) is 0 Å². The number of rotatable bonds is 6. The van der Waals surface area contributed by atoms with Crippen molar-refractivity contribution in [2.24, 2.45) is 11.7 Å². The van der Waals surface area contributed by atoms with Gasteiger partial charge in [-0.2, -0.15) is 9.61 Å². The van der Waals surface area contributed by atoms with Gasteiger partial charge in [0.1, 0.15) is 11.6 Å². The molecular weight excluding hydrogens is 490 g/mol. The molecule has 0 bridgehead atoms. The number of fused-ring (bicyclic) bond motifs is 1. The second-order valence-corrected chi connectivity index (χ2v) is 10.3. The molecule has 1 aliphatic carbocycles. The van der Waals surface area contributed by atoms with Crippen molar-refractivity contribution in [3.8, 4) is 11.3 Å². The van der Waals surface area contributed by atoms with Crippen LogP contribution < -0.4 is 11.1 Å². The number of benzene rings is 1. The highest BCUT2D eigenvalue weighted by atomic mass is 19.1. The highest BCUT2D eigenvalue weighted by Gasteiger charge is 2.35. The van der Waals surface area contributed by atoms with Crippen LogP contribution in [0.3, 0.4) is 0 Å². The van der Waals surface area contributed by atoms with E-state index in [1.54, 1.807) is 42.3 Å². The minimum Gasteiger partial charge on any atom is -0.380 e. The van der Waals surface area contributed by atoms with E-state index in [-0.39, 0.29) is 35.2 Å². The Bertz CT molecular complexity index is 1440. The van der Waals surface area contributed by atoms with Crippen molar-refractivity contribution in [1.29, 1.82) is 0 Å². The van der Waals surface area contributed by atoms with E-state index in [0.29, 0.717) is 36.2 Å². The SMILES string of the molecule is CO[C@@H]1[C@H](N)C[C@H](c2ccncc2Nc2ncc3ccc(-c4c(F)cc(C5COC5)cc4F)nn23)C[C@@H]1C. The lowest BCUT2D eigenvalue weighted by molar-refractivity contribution is 0.00822. The van der Waals surface area contributed by atoms with Gasteiger partial charge in [-0.3, -0.25) is 4.98 Å². The van der Waals surface area contributed by atoms with Crippen LogP contribution in [0.1, 0.15) is 42.7 Å². The molecule has 8 nitrogen and oxygen atoms in total. The third-order valence-electron chi connectivity index (χ3n) is 7.82. The second kappa shape index (κ2) is 10.0. The molecule has 3 N–H and O–H groups in total. The number of aromatic nitrogens is 4. The predicted octanol–water partition coefficient (Wildman–Crippen LogP) is 4.78. The normalized spacial score (nSPS) is 23.9. The summed E-state index contributed by atoms with van der Waals surface area (Å²) in [6.07, 6.45) is 6.92. The molecule has 1 aliphatic heterocycles. The van der Waals surface area contributed by atoms with Gasteiger partial charge < -0.3 is 20.5 Å².